The molecule has 0 aliphatic heterocycles. The molecule has 3 N–H and O–H groups in total. The number of amides is 1. The van der Waals surface area contributed by atoms with Gasteiger partial charge in [0, 0.05) is 0 Å². The zero-order valence-electron chi connectivity index (χ0n) is 5.84. The highest BCUT2D eigenvalue weighted by Gasteiger charge is 2.11. The Bertz CT molecular complexity index is 338. The summed E-state index contributed by atoms with van der Waals surface area (Å²) in [5.41, 5.74) is 5.43. The van der Waals surface area contributed by atoms with Crippen LogP contribution in [0.25, 0.3) is 0 Å². The van der Waals surface area contributed by atoms with Crippen molar-refractivity contribution in [3.8, 4) is 5.75 Å². The number of primary amides is 1. The van der Waals surface area contributed by atoms with E-state index in [1.54, 1.807) is 12.1 Å². The van der Waals surface area contributed by atoms with Gasteiger partial charge in [-0.15, -0.1) is 0 Å². The third kappa shape index (κ3) is 1.82. The van der Waals surface area contributed by atoms with Crippen LogP contribution in [0.15, 0.2) is 12.1 Å². The molecule has 1 amide bonds. The molecule has 3 nitrogen and oxygen atoms in total. The molecular weight excluding hydrogens is 384 g/mol. The molecule has 0 saturated heterocycles. The van der Waals surface area contributed by atoms with E-state index in [2.05, 4.69) is 0 Å². The van der Waals surface area contributed by atoms with E-state index in [4.69, 9.17) is 5.73 Å². The fourth-order valence-corrected chi connectivity index (χ4v) is 2.43. The summed E-state index contributed by atoms with van der Waals surface area (Å²) in [5.74, 6) is -0.404. The van der Waals surface area contributed by atoms with Crippen LogP contribution in [-0.4, -0.2) is 11.0 Å². The first-order valence-electron chi connectivity index (χ1n) is 3.01. The van der Waals surface area contributed by atoms with E-state index in [0.29, 0.717) is 12.7 Å². The van der Waals surface area contributed by atoms with Gasteiger partial charge in [-0.05, 0) is 57.3 Å². The molecule has 0 saturated carbocycles. The molecule has 0 aromatic heterocycles. The Kier molecular flexibility index (Phi) is 3.16. The number of halogens is 2. The quantitative estimate of drug-likeness (QED) is 0.719. The molecule has 0 aliphatic carbocycles. The standard InChI is InChI=1S/C7H5I2NO2/c8-4-2-1-3(7(10)12)5(9)6(4)11/h1-2,11H,(H2,10,12). The van der Waals surface area contributed by atoms with E-state index in [1.807, 2.05) is 45.2 Å². The molecule has 1 aromatic rings. The third-order valence-corrected chi connectivity index (χ3v) is 3.29. The minimum atomic E-state index is -0.522. The summed E-state index contributed by atoms with van der Waals surface area (Å²) in [6.07, 6.45) is 0. The Morgan fingerprint density at radius 3 is 2.50 bits per heavy atom. The summed E-state index contributed by atoms with van der Waals surface area (Å²) in [4.78, 5) is 10.8. The molecule has 64 valence electrons. The Balaban J connectivity index is 3.36. The van der Waals surface area contributed by atoms with E-state index in [1.165, 1.54) is 0 Å². The highest BCUT2D eigenvalue weighted by Crippen LogP contribution is 2.28. The van der Waals surface area contributed by atoms with Crippen LogP contribution in [0.5, 0.6) is 5.75 Å². The molecule has 0 aliphatic rings. The largest absolute Gasteiger partial charge is 0.506 e. The molecule has 1 rings (SSSR count). The Hall–Kier alpha value is -0.0500. The van der Waals surface area contributed by atoms with Crippen LogP contribution >= 0.6 is 45.2 Å². The molecular formula is C7H5I2NO2. The van der Waals surface area contributed by atoms with Gasteiger partial charge in [-0.25, -0.2) is 0 Å². The number of rotatable bonds is 1. The zero-order chi connectivity index (χ0) is 9.30. The number of phenolic OH excluding ortho intramolecular Hbond substituents is 1. The second-order valence-electron chi connectivity index (χ2n) is 2.12. The van der Waals surface area contributed by atoms with Gasteiger partial charge in [0.05, 0.1) is 12.7 Å². The smallest absolute Gasteiger partial charge is 0.249 e. The van der Waals surface area contributed by atoms with Crippen LogP contribution in [0.2, 0.25) is 0 Å². The summed E-state index contributed by atoms with van der Waals surface area (Å²) in [6.45, 7) is 0. The summed E-state index contributed by atoms with van der Waals surface area (Å²) in [5, 5.41) is 9.41. The molecule has 0 spiro atoms. The predicted octanol–water partition coefficient (Wildman–Crippen LogP) is 1.70. The number of hydrogen-bond donors (Lipinski definition) is 2. The number of benzene rings is 1. The molecule has 0 unspecified atom stereocenters. The Morgan fingerprint density at radius 2 is 2.00 bits per heavy atom. The van der Waals surface area contributed by atoms with Gasteiger partial charge < -0.3 is 10.8 Å². The van der Waals surface area contributed by atoms with Crippen molar-refractivity contribution < 1.29 is 9.90 Å². The monoisotopic (exact) mass is 389 g/mol. The van der Waals surface area contributed by atoms with Crippen LogP contribution in [0.1, 0.15) is 10.4 Å². The number of aromatic hydroxyl groups is 1. The van der Waals surface area contributed by atoms with E-state index < -0.39 is 5.91 Å². The van der Waals surface area contributed by atoms with Crippen molar-refractivity contribution in [2.45, 2.75) is 0 Å². The van der Waals surface area contributed by atoms with Crippen LogP contribution in [0, 0.1) is 7.14 Å². The van der Waals surface area contributed by atoms with Gasteiger partial charge in [0.25, 0.3) is 0 Å². The van der Waals surface area contributed by atoms with Gasteiger partial charge in [0.15, 0.2) is 0 Å². The summed E-state index contributed by atoms with van der Waals surface area (Å²) < 4.78 is 1.22. The Labute approximate surface area is 96.6 Å². The van der Waals surface area contributed by atoms with E-state index in [0.717, 1.165) is 0 Å². The van der Waals surface area contributed by atoms with E-state index in [-0.39, 0.29) is 5.75 Å². The summed E-state index contributed by atoms with van der Waals surface area (Å²) >= 11 is 3.87. The summed E-state index contributed by atoms with van der Waals surface area (Å²) in [6, 6.07) is 3.25. The van der Waals surface area contributed by atoms with E-state index in [9.17, 15) is 9.90 Å². The third-order valence-electron chi connectivity index (χ3n) is 1.33. The topological polar surface area (TPSA) is 63.3 Å². The maximum atomic E-state index is 10.8. The molecule has 0 atom stereocenters. The molecule has 0 bridgehead atoms. The number of hydrogen-bond acceptors (Lipinski definition) is 2. The average Bonchev–Trinajstić information content (AvgIpc) is 2.00. The molecule has 1 aromatic carbocycles. The van der Waals surface area contributed by atoms with Gasteiger partial charge >= 0.3 is 0 Å². The highest BCUT2D eigenvalue weighted by atomic mass is 127. The first-order chi connectivity index (χ1) is 5.54. The highest BCUT2D eigenvalue weighted by molar-refractivity contribution is 14.1. The lowest BCUT2D eigenvalue weighted by molar-refractivity contribution is 0.0999. The second kappa shape index (κ2) is 3.77. The molecule has 0 fully saturated rings. The van der Waals surface area contributed by atoms with Crippen LogP contribution < -0.4 is 5.73 Å². The minimum Gasteiger partial charge on any atom is -0.506 e. The van der Waals surface area contributed by atoms with Crippen LogP contribution in [0.4, 0.5) is 0 Å². The lowest BCUT2D eigenvalue weighted by atomic mass is 10.2. The maximum absolute atomic E-state index is 10.8. The van der Waals surface area contributed by atoms with Gasteiger partial charge in [-0.3, -0.25) is 4.79 Å². The van der Waals surface area contributed by atoms with Crippen molar-refractivity contribution in [3.05, 3.63) is 24.8 Å². The van der Waals surface area contributed by atoms with E-state index >= 15 is 0 Å². The molecule has 0 heterocycles. The van der Waals surface area contributed by atoms with Crippen LogP contribution in [-0.2, 0) is 0 Å². The molecule has 5 heteroatoms. The fraction of sp³-hybridized carbons (Fsp3) is 0. The lowest BCUT2D eigenvalue weighted by Gasteiger charge is -2.03. The minimum absolute atomic E-state index is 0.118. The van der Waals surface area contributed by atoms with Crippen molar-refractivity contribution in [2.24, 2.45) is 5.73 Å². The summed E-state index contributed by atoms with van der Waals surface area (Å²) in [7, 11) is 0. The molecule has 12 heavy (non-hydrogen) atoms. The second-order valence-corrected chi connectivity index (χ2v) is 4.36. The van der Waals surface area contributed by atoms with Crippen molar-refractivity contribution in [2.75, 3.05) is 0 Å². The zero-order valence-corrected chi connectivity index (χ0v) is 10.2. The number of carbonyl (C=O) groups is 1. The predicted molar refractivity (Wildman–Crippen MR) is 62.1 cm³/mol. The number of phenols is 1. The first-order valence-corrected chi connectivity index (χ1v) is 5.16. The number of nitrogens with two attached hydrogens (primary N) is 1. The van der Waals surface area contributed by atoms with Gasteiger partial charge in [0.2, 0.25) is 5.91 Å². The van der Waals surface area contributed by atoms with Gasteiger partial charge in [-0.1, -0.05) is 0 Å². The maximum Gasteiger partial charge on any atom is 0.249 e. The average molecular weight is 389 g/mol. The van der Waals surface area contributed by atoms with Crippen molar-refractivity contribution in [1.82, 2.24) is 0 Å². The first kappa shape index (κ1) is 10.0. The van der Waals surface area contributed by atoms with Gasteiger partial charge in [0.1, 0.15) is 5.75 Å². The van der Waals surface area contributed by atoms with Crippen molar-refractivity contribution in [3.63, 3.8) is 0 Å². The van der Waals surface area contributed by atoms with Gasteiger partial charge in [-0.2, -0.15) is 0 Å². The normalized spacial score (nSPS) is 9.83. The SMILES string of the molecule is NC(=O)c1ccc(I)c(O)c1I. The van der Waals surface area contributed by atoms with Crippen LogP contribution in [0.3, 0.4) is 0 Å². The lowest BCUT2D eigenvalue weighted by Crippen LogP contribution is -2.12. The van der Waals surface area contributed by atoms with Crippen molar-refractivity contribution in [1.29, 1.82) is 0 Å². The molecule has 0 radical (unpaired) electrons. The Morgan fingerprint density at radius 1 is 1.42 bits per heavy atom. The fourth-order valence-electron chi connectivity index (χ4n) is 0.731. The van der Waals surface area contributed by atoms with Crippen molar-refractivity contribution >= 4 is 51.1 Å². The number of carbonyl (C=O) groups excluding carboxylic acids is 1.